The van der Waals surface area contributed by atoms with E-state index in [4.69, 9.17) is 0 Å². The van der Waals surface area contributed by atoms with E-state index in [0.717, 1.165) is 17.0 Å². The number of nitrogens with zero attached hydrogens (tertiary/aromatic N) is 7. The second kappa shape index (κ2) is 6.70. The minimum absolute atomic E-state index is 0.0407. The maximum atomic E-state index is 13.1. The number of hydrogen-bond acceptors (Lipinski definition) is 5. The predicted molar refractivity (Wildman–Crippen MR) is 94.3 cm³/mol. The second-order valence-electron chi connectivity index (χ2n) is 6.76. The number of carbonyl (C=O) groups excluding carboxylic acids is 1. The molecule has 0 bridgehead atoms. The number of aromatic nitrogens is 6. The van der Waals surface area contributed by atoms with E-state index < -0.39 is 6.04 Å². The average Bonchev–Trinajstić information content (AvgIpc) is 3.22. The van der Waals surface area contributed by atoms with Crippen LogP contribution in [0.25, 0.3) is 0 Å². The summed E-state index contributed by atoms with van der Waals surface area (Å²) in [6.07, 6.45) is 2.07. The third kappa shape index (κ3) is 3.10. The minimum atomic E-state index is -0.436. The predicted octanol–water partition coefficient (Wildman–Crippen LogP) is 1.35. The largest absolute Gasteiger partial charge is 0.336 e. The van der Waals surface area contributed by atoms with Crippen molar-refractivity contribution in [2.45, 2.75) is 32.4 Å². The van der Waals surface area contributed by atoms with E-state index in [1.54, 1.807) is 4.68 Å². The van der Waals surface area contributed by atoms with Gasteiger partial charge in [-0.2, -0.15) is 5.10 Å². The van der Waals surface area contributed by atoms with E-state index in [1.165, 1.54) is 6.33 Å². The van der Waals surface area contributed by atoms with Gasteiger partial charge in [-0.3, -0.25) is 9.48 Å². The molecule has 1 unspecified atom stereocenters. The van der Waals surface area contributed by atoms with E-state index in [9.17, 15) is 4.79 Å². The van der Waals surface area contributed by atoms with Crippen molar-refractivity contribution in [1.82, 2.24) is 34.9 Å². The molecule has 1 fully saturated rings. The third-order valence-electron chi connectivity index (χ3n) is 4.81. The van der Waals surface area contributed by atoms with Crippen molar-refractivity contribution >= 4 is 5.91 Å². The fraction of sp³-hybridized carbons (Fsp3) is 0.389. The fourth-order valence-electron chi connectivity index (χ4n) is 3.46. The third-order valence-corrected chi connectivity index (χ3v) is 4.81. The molecule has 0 N–H and O–H groups in total. The van der Waals surface area contributed by atoms with E-state index in [1.807, 2.05) is 53.8 Å². The SMILES string of the molecule is Cc1cc(C)n(C2CN(C(=O)C(Cc3ccccc3)n3cnnn3)C2)n1. The summed E-state index contributed by atoms with van der Waals surface area (Å²) >= 11 is 0. The quantitative estimate of drug-likeness (QED) is 0.693. The molecule has 0 spiro atoms. The van der Waals surface area contributed by atoms with Crippen molar-refractivity contribution in [3.8, 4) is 0 Å². The van der Waals surface area contributed by atoms with E-state index >= 15 is 0 Å². The van der Waals surface area contributed by atoms with E-state index in [-0.39, 0.29) is 11.9 Å². The second-order valence-corrected chi connectivity index (χ2v) is 6.76. The van der Waals surface area contributed by atoms with E-state index in [0.29, 0.717) is 19.5 Å². The molecule has 2 aromatic heterocycles. The van der Waals surface area contributed by atoms with Crippen LogP contribution >= 0.6 is 0 Å². The number of aryl methyl sites for hydroxylation is 2. The molecule has 0 saturated carbocycles. The molecule has 0 radical (unpaired) electrons. The van der Waals surface area contributed by atoms with Gasteiger partial charge in [0.25, 0.3) is 0 Å². The standard InChI is InChI=1S/C18H21N7O/c1-13-8-14(2)25(20-13)16-10-23(11-16)18(26)17(24-12-19-21-22-24)9-15-6-4-3-5-7-15/h3-8,12,16-17H,9-11H2,1-2H3. The number of amides is 1. The van der Waals surface area contributed by atoms with Crippen LogP contribution in [-0.4, -0.2) is 53.9 Å². The number of likely N-dealkylation sites (tertiary alicyclic amines) is 1. The zero-order valence-electron chi connectivity index (χ0n) is 14.9. The van der Waals surface area contributed by atoms with Gasteiger partial charge in [0.05, 0.1) is 11.7 Å². The van der Waals surface area contributed by atoms with E-state index in [2.05, 4.69) is 26.7 Å². The van der Waals surface area contributed by atoms with Gasteiger partial charge in [-0.1, -0.05) is 30.3 Å². The van der Waals surface area contributed by atoms with Crippen molar-refractivity contribution in [1.29, 1.82) is 0 Å². The molecule has 4 rings (SSSR count). The summed E-state index contributed by atoms with van der Waals surface area (Å²) in [7, 11) is 0. The Balaban J connectivity index is 1.48. The molecule has 1 saturated heterocycles. The molecule has 0 aliphatic carbocycles. The van der Waals surface area contributed by atoms with Crippen LogP contribution in [0.15, 0.2) is 42.7 Å². The Bertz CT molecular complexity index is 882. The Hall–Kier alpha value is -3.03. The summed E-state index contributed by atoms with van der Waals surface area (Å²) in [5.74, 6) is 0.0407. The summed E-state index contributed by atoms with van der Waals surface area (Å²) < 4.78 is 3.56. The molecule has 1 amide bonds. The molecule has 1 atom stereocenters. The zero-order chi connectivity index (χ0) is 18.1. The highest BCUT2D eigenvalue weighted by molar-refractivity contribution is 5.81. The highest BCUT2D eigenvalue weighted by Crippen LogP contribution is 2.26. The summed E-state index contributed by atoms with van der Waals surface area (Å²) in [4.78, 5) is 14.9. The summed E-state index contributed by atoms with van der Waals surface area (Å²) in [6.45, 7) is 5.35. The minimum Gasteiger partial charge on any atom is -0.336 e. The lowest BCUT2D eigenvalue weighted by atomic mass is 10.0. The lowest BCUT2D eigenvalue weighted by Gasteiger charge is -2.41. The summed E-state index contributed by atoms with van der Waals surface area (Å²) in [5.41, 5.74) is 3.21. The van der Waals surface area contributed by atoms with Crippen molar-refractivity contribution in [3.63, 3.8) is 0 Å². The Labute approximate surface area is 151 Å². The number of tetrazole rings is 1. The first kappa shape index (κ1) is 16.4. The molecule has 3 heterocycles. The number of carbonyl (C=O) groups is 1. The van der Waals surface area contributed by atoms with Gasteiger partial charge in [-0.25, -0.2) is 4.68 Å². The smallest absolute Gasteiger partial charge is 0.248 e. The Morgan fingerprint density at radius 3 is 2.62 bits per heavy atom. The first-order valence-corrected chi connectivity index (χ1v) is 8.70. The zero-order valence-corrected chi connectivity index (χ0v) is 14.9. The van der Waals surface area contributed by atoms with Crippen LogP contribution in [0.5, 0.6) is 0 Å². The van der Waals surface area contributed by atoms with Gasteiger partial charge in [-0.05, 0) is 35.9 Å². The molecule has 8 nitrogen and oxygen atoms in total. The highest BCUT2D eigenvalue weighted by atomic mass is 16.2. The van der Waals surface area contributed by atoms with Crippen molar-refractivity contribution < 1.29 is 4.79 Å². The number of benzene rings is 1. The molecule has 8 heteroatoms. The van der Waals surface area contributed by atoms with Crippen LogP contribution in [0.1, 0.15) is 29.0 Å². The normalized spacial score (nSPS) is 15.7. The van der Waals surface area contributed by atoms with Gasteiger partial charge in [0.2, 0.25) is 5.91 Å². The Kier molecular flexibility index (Phi) is 4.24. The van der Waals surface area contributed by atoms with Gasteiger partial charge < -0.3 is 4.90 Å². The summed E-state index contributed by atoms with van der Waals surface area (Å²) in [5, 5.41) is 15.9. The van der Waals surface area contributed by atoms with Crippen LogP contribution in [0.2, 0.25) is 0 Å². The van der Waals surface area contributed by atoms with Gasteiger partial charge in [0, 0.05) is 25.2 Å². The van der Waals surface area contributed by atoms with Gasteiger partial charge >= 0.3 is 0 Å². The molecular weight excluding hydrogens is 330 g/mol. The van der Waals surface area contributed by atoms with Crippen LogP contribution in [0.3, 0.4) is 0 Å². The molecule has 3 aromatic rings. The van der Waals surface area contributed by atoms with Crippen molar-refractivity contribution in [3.05, 3.63) is 59.7 Å². The first-order valence-electron chi connectivity index (χ1n) is 8.70. The topological polar surface area (TPSA) is 81.7 Å². The maximum Gasteiger partial charge on any atom is 0.248 e. The lowest BCUT2D eigenvalue weighted by molar-refractivity contribution is -0.141. The average molecular weight is 351 g/mol. The Morgan fingerprint density at radius 1 is 1.23 bits per heavy atom. The lowest BCUT2D eigenvalue weighted by Crippen LogP contribution is -2.53. The van der Waals surface area contributed by atoms with Gasteiger partial charge in [0.1, 0.15) is 12.4 Å². The van der Waals surface area contributed by atoms with Crippen LogP contribution < -0.4 is 0 Å². The van der Waals surface area contributed by atoms with Crippen LogP contribution in [0.4, 0.5) is 0 Å². The summed E-state index contributed by atoms with van der Waals surface area (Å²) in [6, 6.07) is 11.8. The monoisotopic (exact) mass is 351 g/mol. The molecule has 1 aromatic carbocycles. The molecular formula is C18H21N7O. The van der Waals surface area contributed by atoms with Crippen molar-refractivity contribution in [2.75, 3.05) is 13.1 Å². The maximum absolute atomic E-state index is 13.1. The molecule has 26 heavy (non-hydrogen) atoms. The van der Waals surface area contributed by atoms with Gasteiger partial charge in [-0.15, -0.1) is 5.10 Å². The van der Waals surface area contributed by atoms with Crippen molar-refractivity contribution in [2.24, 2.45) is 0 Å². The Morgan fingerprint density at radius 2 is 2.00 bits per heavy atom. The number of hydrogen-bond donors (Lipinski definition) is 0. The molecule has 134 valence electrons. The van der Waals surface area contributed by atoms with Gasteiger partial charge in [0.15, 0.2) is 0 Å². The number of rotatable bonds is 5. The van der Waals surface area contributed by atoms with Crippen LogP contribution in [-0.2, 0) is 11.2 Å². The van der Waals surface area contributed by atoms with Crippen LogP contribution in [0, 0.1) is 13.8 Å². The fourth-order valence-corrected chi connectivity index (χ4v) is 3.46. The molecule has 1 aliphatic rings. The molecule has 1 aliphatic heterocycles. The first-order chi connectivity index (χ1) is 12.6. The highest BCUT2D eigenvalue weighted by Gasteiger charge is 2.37.